The number of hydrogen-bond donors (Lipinski definition) is 3. The molecule has 1 rings (SSSR count). The van der Waals surface area contributed by atoms with E-state index in [1.54, 1.807) is 12.4 Å². The van der Waals surface area contributed by atoms with Crippen molar-refractivity contribution in [1.29, 1.82) is 0 Å². The number of hydrogen-bond acceptors (Lipinski definition) is 4. The highest BCUT2D eigenvalue weighted by atomic mass is 32.2. The monoisotopic (exact) mass is 201 g/mol. The Hall–Kier alpha value is -1.01. The standard InChI is InChI=1S/C7H11N3O2S/c1-7(8,5(11)12)4-13-6-9-2-3-10-6/h2-3H,4,8H2,1H3,(H,9,10)(H,11,12). The second-order valence-electron chi connectivity index (χ2n) is 2.91. The first-order chi connectivity index (χ1) is 6.02. The van der Waals surface area contributed by atoms with E-state index in [1.165, 1.54) is 18.7 Å². The van der Waals surface area contributed by atoms with Gasteiger partial charge in [-0.2, -0.15) is 0 Å². The van der Waals surface area contributed by atoms with Crippen molar-refractivity contribution in [2.75, 3.05) is 5.75 Å². The van der Waals surface area contributed by atoms with Crippen LogP contribution in [0.15, 0.2) is 17.6 Å². The quantitative estimate of drug-likeness (QED) is 0.609. The van der Waals surface area contributed by atoms with E-state index in [4.69, 9.17) is 10.8 Å². The van der Waals surface area contributed by atoms with E-state index in [9.17, 15) is 4.79 Å². The summed E-state index contributed by atoms with van der Waals surface area (Å²) >= 11 is 1.29. The van der Waals surface area contributed by atoms with Gasteiger partial charge < -0.3 is 15.8 Å². The van der Waals surface area contributed by atoms with Crippen LogP contribution in [0.2, 0.25) is 0 Å². The van der Waals surface area contributed by atoms with Gasteiger partial charge in [-0.3, -0.25) is 4.79 Å². The zero-order chi connectivity index (χ0) is 9.90. The zero-order valence-electron chi connectivity index (χ0n) is 7.15. The van der Waals surface area contributed by atoms with Gasteiger partial charge in [0.1, 0.15) is 5.54 Å². The molecule has 0 fully saturated rings. The van der Waals surface area contributed by atoms with Gasteiger partial charge in [0.05, 0.1) is 0 Å². The summed E-state index contributed by atoms with van der Waals surface area (Å²) in [4.78, 5) is 17.4. The van der Waals surface area contributed by atoms with E-state index in [2.05, 4.69) is 9.97 Å². The van der Waals surface area contributed by atoms with Crippen LogP contribution in [-0.2, 0) is 4.79 Å². The lowest BCUT2D eigenvalue weighted by molar-refractivity contribution is -0.141. The highest BCUT2D eigenvalue weighted by Gasteiger charge is 2.28. The minimum atomic E-state index is -1.21. The number of nitrogens with zero attached hydrogens (tertiary/aromatic N) is 1. The Balaban J connectivity index is 2.47. The maximum Gasteiger partial charge on any atom is 0.324 e. The van der Waals surface area contributed by atoms with Gasteiger partial charge in [-0.05, 0) is 6.92 Å². The predicted octanol–water partition coefficient (Wildman–Crippen LogP) is 0.304. The predicted molar refractivity (Wildman–Crippen MR) is 49.5 cm³/mol. The van der Waals surface area contributed by atoms with Crippen molar-refractivity contribution in [3.63, 3.8) is 0 Å². The van der Waals surface area contributed by atoms with E-state index < -0.39 is 11.5 Å². The lowest BCUT2D eigenvalue weighted by Crippen LogP contribution is -2.47. The largest absolute Gasteiger partial charge is 0.480 e. The number of H-pyrrole nitrogens is 1. The van der Waals surface area contributed by atoms with Crippen molar-refractivity contribution in [2.45, 2.75) is 17.6 Å². The van der Waals surface area contributed by atoms with Gasteiger partial charge in [-0.1, -0.05) is 11.8 Å². The molecule has 5 nitrogen and oxygen atoms in total. The number of aromatic amines is 1. The van der Waals surface area contributed by atoms with Gasteiger partial charge in [-0.25, -0.2) is 4.98 Å². The lowest BCUT2D eigenvalue weighted by atomic mass is 10.1. The van der Waals surface area contributed by atoms with Crippen LogP contribution < -0.4 is 5.73 Å². The number of rotatable bonds is 4. The Morgan fingerprint density at radius 2 is 2.62 bits per heavy atom. The molecule has 0 amide bonds. The molecular weight excluding hydrogens is 190 g/mol. The third-order valence-electron chi connectivity index (χ3n) is 1.47. The average molecular weight is 201 g/mol. The molecular formula is C7H11N3O2S. The first kappa shape index (κ1) is 10.1. The fourth-order valence-corrected chi connectivity index (χ4v) is 1.46. The fraction of sp³-hybridized carbons (Fsp3) is 0.429. The van der Waals surface area contributed by atoms with Gasteiger partial charge in [0, 0.05) is 18.1 Å². The Morgan fingerprint density at radius 1 is 1.92 bits per heavy atom. The molecule has 1 aromatic heterocycles. The highest BCUT2D eigenvalue weighted by Crippen LogP contribution is 2.17. The number of nitrogens with one attached hydrogen (secondary N) is 1. The fourth-order valence-electron chi connectivity index (χ4n) is 0.610. The van der Waals surface area contributed by atoms with E-state index in [1.807, 2.05) is 0 Å². The summed E-state index contributed by atoms with van der Waals surface area (Å²) in [7, 11) is 0. The molecule has 0 saturated carbocycles. The average Bonchev–Trinajstić information content (AvgIpc) is 2.52. The molecule has 4 N–H and O–H groups in total. The zero-order valence-corrected chi connectivity index (χ0v) is 7.97. The molecule has 6 heteroatoms. The molecule has 0 spiro atoms. The Labute approximate surface area is 79.7 Å². The van der Waals surface area contributed by atoms with E-state index >= 15 is 0 Å². The summed E-state index contributed by atoms with van der Waals surface area (Å²) < 4.78 is 0. The van der Waals surface area contributed by atoms with Crippen LogP contribution in [0, 0.1) is 0 Å². The van der Waals surface area contributed by atoms with Crippen molar-refractivity contribution >= 4 is 17.7 Å². The number of thioether (sulfide) groups is 1. The summed E-state index contributed by atoms with van der Waals surface area (Å²) in [5.74, 6) is -0.720. The second-order valence-corrected chi connectivity index (χ2v) is 3.87. The minimum absolute atomic E-state index is 0.288. The summed E-state index contributed by atoms with van der Waals surface area (Å²) in [6, 6.07) is 0. The molecule has 0 aliphatic rings. The normalized spacial score (nSPS) is 15.2. The van der Waals surface area contributed by atoms with Gasteiger partial charge >= 0.3 is 5.97 Å². The maximum absolute atomic E-state index is 10.6. The van der Waals surface area contributed by atoms with Crippen LogP contribution in [0.3, 0.4) is 0 Å². The summed E-state index contributed by atoms with van der Waals surface area (Å²) in [6.45, 7) is 1.48. The number of aromatic nitrogens is 2. The lowest BCUT2D eigenvalue weighted by Gasteiger charge is -2.17. The van der Waals surface area contributed by atoms with Crippen molar-refractivity contribution < 1.29 is 9.90 Å². The van der Waals surface area contributed by atoms with Crippen LogP contribution in [0.4, 0.5) is 0 Å². The number of nitrogens with two attached hydrogens (primary N) is 1. The smallest absolute Gasteiger partial charge is 0.324 e. The van der Waals surface area contributed by atoms with Crippen LogP contribution in [0.25, 0.3) is 0 Å². The van der Waals surface area contributed by atoms with Crippen molar-refractivity contribution in [2.24, 2.45) is 5.73 Å². The topological polar surface area (TPSA) is 92.0 Å². The van der Waals surface area contributed by atoms with Gasteiger partial charge in [-0.15, -0.1) is 0 Å². The number of aliphatic carboxylic acids is 1. The first-order valence-corrected chi connectivity index (χ1v) is 4.65. The maximum atomic E-state index is 10.6. The third kappa shape index (κ3) is 2.74. The summed E-state index contributed by atoms with van der Waals surface area (Å²) in [6.07, 6.45) is 3.29. The van der Waals surface area contributed by atoms with Crippen molar-refractivity contribution in [1.82, 2.24) is 9.97 Å². The number of carboxylic acid groups (broad SMARTS) is 1. The molecule has 1 atom stereocenters. The molecule has 0 aliphatic heterocycles. The molecule has 72 valence electrons. The van der Waals surface area contributed by atoms with Crippen LogP contribution in [0.5, 0.6) is 0 Å². The highest BCUT2D eigenvalue weighted by molar-refractivity contribution is 7.99. The van der Waals surface area contributed by atoms with E-state index in [0.717, 1.165) is 0 Å². The van der Waals surface area contributed by atoms with Gasteiger partial charge in [0.15, 0.2) is 5.16 Å². The third-order valence-corrected chi connectivity index (χ3v) is 2.71. The Bertz CT molecular complexity index is 284. The molecule has 1 unspecified atom stereocenters. The molecule has 0 bridgehead atoms. The molecule has 0 radical (unpaired) electrons. The van der Waals surface area contributed by atoms with E-state index in [-0.39, 0.29) is 5.75 Å². The SMILES string of the molecule is CC(N)(CSc1ncc[nH]1)C(=O)O. The molecule has 0 aliphatic carbocycles. The number of carboxylic acids is 1. The number of carbonyl (C=O) groups is 1. The second kappa shape index (κ2) is 3.80. The van der Waals surface area contributed by atoms with Gasteiger partial charge in [0.25, 0.3) is 0 Å². The minimum Gasteiger partial charge on any atom is -0.480 e. The van der Waals surface area contributed by atoms with Crippen molar-refractivity contribution in [3.05, 3.63) is 12.4 Å². The number of imidazole rings is 1. The van der Waals surface area contributed by atoms with Crippen molar-refractivity contribution in [3.8, 4) is 0 Å². The van der Waals surface area contributed by atoms with E-state index in [0.29, 0.717) is 5.16 Å². The molecule has 0 aromatic carbocycles. The van der Waals surface area contributed by atoms with Crippen LogP contribution in [0.1, 0.15) is 6.92 Å². The summed E-state index contributed by atoms with van der Waals surface area (Å²) in [5, 5.41) is 9.38. The first-order valence-electron chi connectivity index (χ1n) is 3.67. The molecule has 1 heterocycles. The van der Waals surface area contributed by atoms with Crippen LogP contribution in [-0.4, -0.2) is 32.3 Å². The Morgan fingerprint density at radius 3 is 3.08 bits per heavy atom. The molecule has 1 aromatic rings. The van der Waals surface area contributed by atoms with Crippen LogP contribution >= 0.6 is 11.8 Å². The Kier molecular flexibility index (Phi) is 2.94. The van der Waals surface area contributed by atoms with Gasteiger partial charge in [0.2, 0.25) is 0 Å². The molecule has 13 heavy (non-hydrogen) atoms. The summed E-state index contributed by atoms with van der Waals surface area (Å²) in [5.41, 5.74) is 4.30. The molecule has 0 saturated heterocycles.